The third-order valence-electron chi connectivity index (χ3n) is 11.7. The number of pyridine rings is 1. The molecule has 2 aromatic heterocycles. The van der Waals surface area contributed by atoms with Crippen LogP contribution in [0.4, 0.5) is 0 Å². The first-order valence-corrected chi connectivity index (χ1v) is 21.2. The van der Waals surface area contributed by atoms with E-state index in [1.807, 2.05) is 97.0 Å². The van der Waals surface area contributed by atoms with Gasteiger partial charge in [-0.25, -0.2) is 4.98 Å². The SMILES string of the molecule is [2H]c1c([2H])c([2H])c(-c2ccc(-n3c(-c4cc(C(C)(C)C)cc(C(C)(C)C)c4O)nc4c(-c5cc(-c6cc(-c7cccc(C)c7)ccn6)cc(C(C)(C)C)c5)cccc43)c(C(C([2H])([2H])[2H])(C([2H])([2H])[2H])C([2H])([2H])[2H])c2)c([2H])c1[2H]. The molecule has 8 aromatic rings. The zero-order valence-electron chi connectivity index (χ0n) is 51.7. The molecule has 0 spiro atoms. The van der Waals surface area contributed by atoms with Gasteiger partial charge < -0.3 is 5.11 Å². The molecule has 1 N–H and O–H groups in total. The first kappa shape index (κ1) is 29.2. The minimum atomic E-state index is -3.82. The number of para-hydroxylation sites is 1. The van der Waals surface area contributed by atoms with Crippen molar-refractivity contribution in [2.45, 2.75) is 111 Å². The number of fused-ring (bicyclic) bond motifs is 1. The molecule has 0 aliphatic carbocycles. The van der Waals surface area contributed by atoms with Gasteiger partial charge >= 0.3 is 0 Å². The zero-order chi connectivity index (χ0) is 57.1. The Morgan fingerprint density at radius 3 is 1.90 bits per heavy atom. The van der Waals surface area contributed by atoms with Crippen molar-refractivity contribution < 1.29 is 24.3 Å². The largest absolute Gasteiger partial charge is 0.507 e. The summed E-state index contributed by atoms with van der Waals surface area (Å²) in [5, 5.41) is 12.7. The van der Waals surface area contributed by atoms with E-state index in [0.29, 0.717) is 27.9 Å². The van der Waals surface area contributed by atoms with E-state index >= 15 is 0 Å². The highest BCUT2D eigenvalue weighted by Gasteiger charge is 2.31. The smallest absolute Gasteiger partial charge is 0.149 e. The Balaban J connectivity index is 1.58. The molecule has 0 saturated carbocycles. The molecule has 63 heavy (non-hydrogen) atoms. The van der Waals surface area contributed by atoms with Crippen molar-refractivity contribution >= 4 is 11.0 Å². The lowest BCUT2D eigenvalue weighted by Crippen LogP contribution is -2.18. The molecule has 0 saturated heterocycles. The molecule has 0 radical (unpaired) electrons. The van der Waals surface area contributed by atoms with E-state index in [-0.39, 0.29) is 39.3 Å². The second-order valence-corrected chi connectivity index (χ2v) is 19.7. The van der Waals surface area contributed by atoms with Gasteiger partial charge in [0.1, 0.15) is 11.6 Å². The number of phenols is 1. The number of hydrogen-bond donors (Lipinski definition) is 1. The highest BCUT2D eigenvalue weighted by atomic mass is 16.3. The summed E-state index contributed by atoms with van der Waals surface area (Å²) < 4.78 is 126. The highest BCUT2D eigenvalue weighted by molar-refractivity contribution is 5.97. The van der Waals surface area contributed by atoms with Gasteiger partial charge in [0, 0.05) is 35.2 Å². The van der Waals surface area contributed by atoms with Crippen LogP contribution >= 0.6 is 0 Å². The Morgan fingerprint density at radius 2 is 1.22 bits per heavy atom. The predicted molar refractivity (Wildman–Crippen MR) is 267 cm³/mol. The van der Waals surface area contributed by atoms with Crippen LogP contribution in [-0.4, -0.2) is 19.6 Å². The molecular formula is C59H63N3O. The van der Waals surface area contributed by atoms with Crippen molar-refractivity contribution in [1.82, 2.24) is 14.5 Å². The van der Waals surface area contributed by atoms with Gasteiger partial charge in [-0.3, -0.25) is 9.55 Å². The number of phenolic OH excluding ortho intramolecular Hbond substituents is 1. The fourth-order valence-corrected chi connectivity index (χ4v) is 8.10. The molecule has 8 rings (SSSR count). The van der Waals surface area contributed by atoms with Crippen LogP contribution in [0.5, 0.6) is 5.75 Å². The molecule has 320 valence electrons. The zero-order valence-corrected chi connectivity index (χ0v) is 37.7. The lowest BCUT2D eigenvalue weighted by Gasteiger charge is -2.28. The number of aromatic hydroxyl groups is 1. The van der Waals surface area contributed by atoms with Crippen molar-refractivity contribution in [3.8, 4) is 67.5 Å². The molecule has 4 heteroatoms. The minimum Gasteiger partial charge on any atom is -0.507 e. The summed E-state index contributed by atoms with van der Waals surface area (Å²) in [5.41, 5.74) is 2.02. The fraction of sp³-hybridized carbons (Fsp3) is 0.288. The van der Waals surface area contributed by atoms with Crippen LogP contribution in [0.15, 0.2) is 140 Å². The third-order valence-corrected chi connectivity index (χ3v) is 11.7. The first-order chi connectivity index (χ1) is 35.4. The van der Waals surface area contributed by atoms with Crippen molar-refractivity contribution in [2.75, 3.05) is 0 Å². The van der Waals surface area contributed by atoms with E-state index in [1.54, 1.807) is 24.4 Å². The lowest BCUT2D eigenvalue weighted by atomic mass is 9.78. The van der Waals surface area contributed by atoms with Gasteiger partial charge in [0.25, 0.3) is 0 Å². The fourth-order valence-electron chi connectivity index (χ4n) is 8.10. The maximum absolute atomic E-state index is 12.7. The summed E-state index contributed by atoms with van der Waals surface area (Å²) in [6, 6.07) is 27.6. The summed E-state index contributed by atoms with van der Waals surface area (Å²) >= 11 is 0. The topological polar surface area (TPSA) is 50.9 Å². The summed E-state index contributed by atoms with van der Waals surface area (Å²) in [4.78, 5) is 10.2. The predicted octanol–water partition coefficient (Wildman–Crippen LogP) is 16.0. The van der Waals surface area contributed by atoms with Gasteiger partial charge in [0.05, 0.1) is 34.8 Å². The number of hydrogen-bond acceptors (Lipinski definition) is 3. The van der Waals surface area contributed by atoms with E-state index in [1.165, 1.54) is 16.7 Å². The van der Waals surface area contributed by atoms with Gasteiger partial charge in [-0.15, -0.1) is 0 Å². The molecule has 0 aliphatic rings. The van der Waals surface area contributed by atoms with Crippen LogP contribution in [0, 0.1) is 6.92 Å². The number of imidazole rings is 1. The Hall–Kier alpha value is -6.26. The van der Waals surface area contributed by atoms with Crippen LogP contribution in [0.2, 0.25) is 0 Å². The van der Waals surface area contributed by atoms with Crippen molar-refractivity contribution in [3.63, 3.8) is 0 Å². The molecule has 0 bridgehead atoms. The second-order valence-electron chi connectivity index (χ2n) is 19.7. The van der Waals surface area contributed by atoms with Gasteiger partial charge in [-0.1, -0.05) is 173 Å². The number of benzene rings is 6. The monoisotopic (exact) mass is 844 g/mol. The Bertz CT molecular complexity index is 3580. The third kappa shape index (κ3) is 8.61. The van der Waals surface area contributed by atoms with E-state index < -0.39 is 78.1 Å². The van der Waals surface area contributed by atoms with Gasteiger partial charge in [0.2, 0.25) is 0 Å². The first-order valence-electron chi connectivity index (χ1n) is 28.2. The summed E-state index contributed by atoms with van der Waals surface area (Å²) in [6.45, 7) is 8.73. The Morgan fingerprint density at radius 1 is 0.556 bits per heavy atom. The molecule has 4 nitrogen and oxygen atoms in total. The van der Waals surface area contributed by atoms with Crippen molar-refractivity contribution in [3.05, 3.63) is 167 Å². The number of aromatic nitrogens is 3. The van der Waals surface area contributed by atoms with E-state index in [0.717, 1.165) is 39.4 Å². The molecule has 0 atom stereocenters. The maximum atomic E-state index is 12.7. The molecule has 0 fully saturated rings. The lowest BCUT2D eigenvalue weighted by molar-refractivity contribution is 0.446. The molecular weight excluding hydrogens is 767 g/mol. The second kappa shape index (κ2) is 15.8. The van der Waals surface area contributed by atoms with E-state index in [9.17, 15) is 5.11 Å². The average molecular weight is 844 g/mol. The minimum absolute atomic E-state index is 0.00797. The van der Waals surface area contributed by atoms with Crippen LogP contribution in [0.25, 0.3) is 72.7 Å². The van der Waals surface area contributed by atoms with Gasteiger partial charge in [0.15, 0.2) is 0 Å². The Labute approximate surface area is 395 Å². The van der Waals surface area contributed by atoms with Crippen molar-refractivity contribution in [1.29, 1.82) is 0 Å². The summed E-state index contributed by atoms with van der Waals surface area (Å²) in [6.07, 6.45) is 1.77. The van der Waals surface area contributed by atoms with Crippen LogP contribution in [0.3, 0.4) is 0 Å². The summed E-state index contributed by atoms with van der Waals surface area (Å²) in [5.74, 6) is -0.167. The van der Waals surface area contributed by atoms with E-state index in [4.69, 9.17) is 29.2 Å². The number of rotatable bonds is 6. The standard InChI is InChI=1S/C59H63N3O/c1-37-19-17-22-39(29-37)41-27-28-60-50(34-41)43-30-42(31-44(32-43)56(2,3)4)46-23-18-24-52-53(46)61-55(47-35-45(57(5,6)7)36-49(54(47)63)59(11,12)13)62(52)51-26-25-40(33-48(51)58(8,9)10)38-20-15-14-16-21-38/h14-36,63H,1-13H3/i8D3,9D3,10D3,14D,15D,16D,20D,21D. The summed E-state index contributed by atoms with van der Waals surface area (Å²) in [7, 11) is 0. The van der Waals surface area contributed by atoms with Gasteiger partial charge in [-0.2, -0.15) is 0 Å². The maximum Gasteiger partial charge on any atom is 0.149 e. The van der Waals surface area contributed by atoms with Crippen LogP contribution in [-0.2, 0) is 21.7 Å². The number of nitrogens with zero attached hydrogens (tertiary/aromatic N) is 3. The van der Waals surface area contributed by atoms with Crippen LogP contribution < -0.4 is 0 Å². The number of aryl methyl sites for hydroxylation is 1. The molecule has 0 aliphatic heterocycles. The van der Waals surface area contributed by atoms with Crippen molar-refractivity contribution in [2.24, 2.45) is 0 Å². The molecule has 0 amide bonds. The average Bonchev–Trinajstić information content (AvgIpc) is 3.70. The Kier molecular flexibility index (Phi) is 7.33. The molecule has 6 aromatic carbocycles. The molecule has 2 heterocycles. The van der Waals surface area contributed by atoms with Gasteiger partial charge in [-0.05, 0) is 122 Å². The normalized spacial score (nSPS) is 16.4. The van der Waals surface area contributed by atoms with Crippen LogP contribution in [0.1, 0.15) is 130 Å². The van der Waals surface area contributed by atoms with E-state index in [2.05, 4.69) is 39.0 Å². The quantitative estimate of drug-likeness (QED) is 0.181. The molecule has 0 unspecified atom stereocenters. The highest BCUT2D eigenvalue weighted by Crippen LogP contribution is 2.46.